The third-order valence-electron chi connectivity index (χ3n) is 4.02. The van der Waals surface area contributed by atoms with Crippen LogP contribution in [0.5, 0.6) is 5.75 Å². The van der Waals surface area contributed by atoms with Gasteiger partial charge in [-0.1, -0.05) is 19.1 Å². The molecule has 2 aromatic rings. The second kappa shape index (κ2) is 9.41. The highest BCUT2D eigenvalue weighted by atomic mass is 32.2. The number of ketones is 1. The average molecular weight is 403 g/mol. The minimum absolute atomic E-state index is 0.172. The van der Waals surface area contributed by atoms with E-state index in [9.17, 15) is 13.2 Å². The van der Waals surface area contributed by atoms with E-state index < -0.39 is 10.0 Å². The molecule has 0 unspecified atom stereocenters. The number of methoxy groups -OCH3 is 1. The van der Waals surface area contributed by atoms with Gasteiger partial charge in [-0.05, 0) is 42.8 Å². The van der Waals surface area contributed by atoms with Crippen molar-refractivity contribution in [1.29, 1.82) is 0 Å². The SMILES string of the molecule is CCCN(c1cccc(C(=O)/C=C/N(C)C)c1)S(=O)(=O)c1ccc(OC)cc1. The lowest BCUT2D eigenvalue weighted by molar-refractivity contribution is 0.104. The molecule has 0 bridgehead atoms. The zero-order valence-corrected chi connectivity index (χ0v) is 17.4. The summed E-state index contributed by atoms with van der Waals surface area (Å²) in [5.41, 5.74) is 0.892. The Kier molecular flexibility index (Phi) is 7.23. The molecule has 0 amide bonds. The van der Waals surface area contributed by atoms with Crippen LogP contribution in [0.1, 0.15) is 23.7 Å². The van der Waals surface area contributed by atoms with Crippen molar-refractivity contribution in [2.75, 3.05) is 32.1 Å². The van der Waals surface area contributed by atoms with Crippen LogP contribution >= 0.6 is 0 Å². The molecule has 28 heavy (non-hydrogen) atoms. The number of anilines is 1. The summed E-state index contributed by atoms with van der Waals surface area (Å²) in [7, 11) is 1.41. The monoisotopic (exact) mass is 402 g/mol. The van der Waals surface area contributed by atoms with Crippen LogP contribution in [0.3, 0.4) is 0 Å². The van der Waals surface area contributed by atoms with Gasteiger partial charge < -0.3 is 9.64 Å². The molecule has 0 saturated heterocycles. The first-order valence-electron chi connectivity index (χ1n) is 8.95. The lowest BCUT2D eigenvalue weighted by Gasteiger charge is -2.24. The fraction of sp³-hybridized carbons (Fsp3) is 0.286. The van der Waals surface area contributed by atoms with Crippen LogP contribution in [0.25, 0.3) is 0 Å². The van der Waals surface area contributed by atoms with Crippen LogP contribution in [0, 0.1) is 0 Å². The number of allylic oxidation sites excluding steroid dienone is 1. The third-order valence-corrected chi connectivity index (χ3v) is 5.86. The Hall–Kier alpha value is -2.80. The Bertz CT molecular complexity index is 935. The number of hydrogen-bond donors (Lipinski definition) is 0. The van der Waals surface area contributed by atoms with E-state index in [-0.39, 0.29) is 10.7 Å². The molecule has 6 nitrogen and oxygen atoms in total. The number of carbonyl (C=O) groups excluding carboxylic acids is 1. The standard InChI is InChI=1S/C21H26N2O4S/c1-5-14-23(28(25,26)20-11-9-19(27-4)10-12-20)18-8-6-7-17(16-18)21(24)13-15-22(2)3/h6-13,15-16H,5,14H2,1-4H3/b15-13+. The first kappa shape index (κ1) is 21.5. The van der Waals surface area contributed by atoms with Crippen molar-refractivity contribution in [3.8, 4) is 5.75 Å². The van der Waals surface area contributed by atoms with E-state index in [1.807, 2.05) is 21.0 Å². The number of hydrogen-bond acceptors (Lipinski definition) is 5. The Labute approximate surface area is 167 Å². The van der Waals surface area contributed by atoms with E-state index in [0.717, 1.165) is 0 Å². The fourth-order valence-electron chi connectivity index (χ4n) is 2.59. The van der Waals surface area contributed by atoms with Crippen LogP contribution in [0.4, 0.5) is 5.69 Å². The van der Waals surface area contributed by atoms with Gasteiger partial charge in [-0.2, -0.15) is 0 Å². The maximum Gasteiger partial charge on any atom is 0.264 e. The number of ether oxygens (including phenoxy) is 1. The number of nitrogens with zero attached hydrogens (tertiary/aromatic N) is 2. The van der Waals surface area contributed by atoms with Crippen molar-refractivity contribution in [1.82, 2.24) is 4.90 Å². The maximum absolute atomic E-state index is 13.2. The van der Waals surface area contributed by atoms with Crippen molar-refractivity contribution >= 4 is 21.5 Å². The first-order chi connectivity index (χ1) is 13.3. The van der Waals surface area contributed by atoms with Gasteiger partial charge in [-0.25, -0.2) is 8.42 Å². The quantitative estimate of drug-likeness (QED) is 0.474. The van der Waals surface area contributed by atoms with E-state index in [1.165, 1.54) is 29.6 Å². The van der Waals surface area contributed by atoms with Crippen LogP contribution in [0.15, 0.2) is 65.7 Å². The number of carbonyl (C=O) groups is 1. The molecule has 0 aliphatic rings. The normalized spacial score (nSPS) is 11.4. The molecule has 0 heterocycles. The molecular formula is C21H26N2O4S. The molecule has 2 rings (SSSR count). The van der Waals surface area contributed by atoms with E-state index in [0.29, 0.717) is 30.0 Å². The second-order valence-electron chi connectivity index (χ2n) is 6.45. The van der Waals surface area contributed by atoms with Gasteiger partial charge in [0.25, 0.3) is 10.0 Å². The summed E-state index contributed by atoms with van der Waals surface area (Å²) in [6.07, 6.45) is 3.75. The van der Waals surface area contributed by atoms with Gasteiger partial charge in [0.2, 0.25) is 0 Å². The molecule has 0 N–H and O–H groups in total. The van der Waals surface area contributed by atoms with E-state index in [1.54, 1.807) is 47.5 Å². The van der Waals surface area contributed by atoms with E-state index in [4.69, 9.17) is 4.74 Å². The summed E-state index contributed by atoms with van der Waals surface area (Å²) in [5.74, 6) is 0.398. The molecule has 0 saturated carbocycles. The highest BCUT2D eigenvalue weighted by Gasteiger charge is 2.24. The van der Waals surface area contributed by atoms with Crippen molar-refractivity contribution in [3.63, 3.8) is 0 Å². The Morgan fingerprint density at radius 1 is 1.11 bits per heavy atom. The van der Waals surface area contributed by atoms with Gasteiger partial charge in [-0.15, -0.1) is 0 Å². The van der Waals surface area contributed by atoms with Crippen molar-refractivity contribution < 1.29 is 17.9 Å². The van der Waals surface area contributed by atoms with Crippen molar-refractivity contribution in [2.24, 2.45) is 0 Å². The molecule has 7 heteroatoms. The fourth-order valence-corrected chi connectivity index (χ4v) is 4.14. The Morgan fingerprint density at radius 3 is 2.36 bits per heavy atom. The topological polar surface area (TPSA) is 66.9 Å². The Morgan fingerprint density at radius 2 is 1.79 bits per heavy atom. The molecule has 0 fully saturated rings. The molecule has 2 aromatic carbocycles. The number of rotatable bonds is 9. The highest BCUT2D eigenvalue weighted by molar-refractivity contribution is 7.92. The number of sulfonamides is 1. The lowest BCUT2D eigenvalue weighted by Crippen LogP contribution is -2.31. The molecular weight excluding hydrogens is 376 g/mol. The third kappa shape index (κ3) is 5.13. The average Bonchev–Trinajstić information content (AvgIpc) is 2.70. The zero-order chi connectivity index (χ0) is 20.7. The summed E-state index contributed by atoms with van der Waals surface area (Å²) in [5, 5.41) is 0. The number of benzene rings is 2. The van der Waals surface area contributed by atoms with Gasteiger partial charge in [0.1, 0.15) is 5.75 Å². The van der Waals surface area contributed by atoms with Crippen LogP contribution in [-0.4, -0.2) is 46.9 Å². The van der Waals surface area contributed by atoms with Gasteiger partial charge in [0.15, 0.2) is 5.78 Å². The van der Waals surface area contributed by atoms with Crippen LogP contribution < -0.4 is 9.04 Å². The molecule has 0 spiro atoms. The minimum Gasteiger partial charge on any atom is -0.497 e. The predicted molar refractivity (Wildman–Crippen MR) is 111 cm³/mol. The summed E-state index contributed by atoms with van der Waals surface area (Å²) in [6, 6.07) is 12.9. The van der Waals surface area contributed by atoms with Gasteiger partial charge in [0.05, 0.1) is 17.7 Å². The summed E-state index contributed by atoms with van der Waals surface area (Å²) in [6.45, 7) is 2.21. The summed E-state index contributed by atoms with van der Waals surface area (Å²) >= 11 is 0. The van der Waals surface area contributed by atoms with Gasteiger partial charge in [0, 0.05) is 38.5 Å². The second-order valence-corrected chi connectivity index (χ2v) is 8.31. The van der Waals surface area contributed by atoms with E-state index >= 15 is 0 Å². The molecule has 0 radical (unpaired) electrons. The predicted octanol–water partition coefficient (Wildman–Crippen LogP) is 3.56. The first-order valence-corrected chi connectivity index (χ1v) is 10.4. The van der Waals surface area contributed by atoms with Crippen molar-refractivity contribution in [3.05, 3.63) is 66.4 Å². The zero-order valence-electron chi connectivity index (χ0n) is 16.6. The smallest absolute Gasteiger partial charge is 0.264 e. The molecule has 0 aliphatic heterocycles. The molecule has 0 aromatic heterocycles. The van der Waals surface area contributed by atoms with Gasteiger partial charge in [-0.3, -0.25) is 9.10 Å². The lowest BCUT2D eigenvalue weighted by atomic mass is 10.1. The summed E-state index contributed by atoms with van der Waals surface area (Å²) in [4.78, 5) is 14.3. The van der Waals surface area contributed by atoms with Gasteiger partial charge >= 0.3 is 0 Å². The highest BCUT2D eigenvalue weighted by Crippen LogP contribution is 2.26. The molecule has 0 aliphatic carbocycles. The minimum atomic E-state index is -3.77. The van der Waals surface area contributed by atoms with Crippen LogP contribution in [-0.2, 0) is 10.0 Å². The van der Waals surface area contributed by atoms with E-state index in [2.05, 4.69) is 0 Å². The molecule has 0 atom stereocenters. The Balaban J connectivity index is 2.42. The largest absolute Gasteiger partial charge is 0.497 e. The molecule has 150 valence electrons. The van der Waals surface area contributed by atoms with Crippen molar-refractivity contribution in [2.45, 2.75) is 18.2 Å². The van der Waals surface area contributed by atoms with Crippen LogP contribution in [0.2, 0.25) is 0 Å². The summed E-state index contributed by atoms with van der Waals surface area (Å²) < 4.78 is 32.8. The maximum atomic E-state index is 13.2.